The Morgan fingerprint density at radius 2 is 2.08 bits per heavy atom. The van der Waals surface area contributed by atoms with E-state index in [1.807, 2.05) is 0 Å². The second-order valence-corrected chi connectivity index (χ2v) is 2.41. The molecule has 12 heavy (non-hydrogen) atoms. The van der Waals surface area contributed by atoms with Crippen LogP contribution in [0.5, 0.6) is 0 Å². The maximum Gasteiger partial charge on any atom is 0.277 e. The molecule has 0 aromatic heterocycles. The van der Waals surface area contributed by atoms with E-state index in [9.17, 15) is 14.3 Å². The van der Waals surface area contributed by atoms with Crippen LogP contribution in [0, 0.1) is 5.82 Å². The van der Waals surface area contributed by atoms with Crippen LogP contribution in [-0.2, 0) is 0 Å². The molecule has 0 atom stereocenters. The number of halogens is 1. The molecule has 1 aromatic rings. The number of carbonyl (C=O) groups is 1. The minimum Gasteiger partial charge on any atom is -0.858 e. The van der Waals surface area contributed by atoms with E-state index in [2.05, 4.69) is 4.99 Å². The van der Waals surface area contributed by atoms with Crippen molar-refractivity contribution in [2.45, 2.75) is 0 Å². The molecule has 0 saturated carbocycles. The van der Waals surface area contributed by atoms with Gasteiger partial charge < -0.3 is 5.11 Å². The number of amides is 1. The molecule has 3 nitrogen and oxygen atoms in total. The summed E-state index contributed by atoms with van der Waals surface area (Å²) in [4.78, 5) is 14.0. The molecule has 0 N–H and O–H groups in total. The fourth-order valence-electron chi connectivity index (χ4n) is 1.09. The molecule has 1 amide bonds. The molecule has 1 heterocycles. The molecule has 0 saturated heterocycles. The molecular weight excluding hydrogens is 161 g/mol. The van der Waals surface area contributed by atoms with Gasteiger partial charge in [-0.2, -0.15) is 0 Å². The quantitative estimate of drug-likeness (QED) is 0.545. The largest absolute Gasteiger partial charge is 0.858 e. The zero-order valence-corrected chi connectivity index (χ0v) is 5.87. The van der Waals surface area contributed by atoms with Crippen LogP contribution in [0.3, 0.4) is 0 Å². The highest BCUT2D eigenvalue weighted by Crippen LogP contribution is 2.17. The highest BCUT2D eigenvalue weighted by atomic mass is 19.1. The van der Waals surface area contributed by atoms with E-state index in [0.717, 1.165) is 12.1 Å². The third kappa shape index (κ3) is 0.812. The maximum atomic E-state index is 12.6. The van der Waals surface area contributed by atoms with E-state index >= 15 is 0 Å². The minimum absolute atomic E-state index is 0.0556. The second kappa shape index (κ2) is 2.14. The van der Waals surface area contributed by atoms with Crippen molar-refractivity contribution < 1.29 is 14.3 Å². The summed E-state index contributed by atoms with van der Waals surface area (Å²) in [6, 6.07) is 3.42. The first-order valence-electron chi connectivity index (χ1n) is 3.28. The monoisotopic (exact) mass is 164 g/mol. The molecule has 0 unspecified atom stereocenters. The fraction of sp³-hybridized carbons (Fsp3) is 0. The Morgan fingerprint density at radius 1 is 1.33 bits per heavy atom. The first-order chi connectivity index (χ1) is 5.68. The fourth-order valence-corrected chi connectivity index (χ4v) is 1.09. The molecule has 4 heteroatoms. The third-order valence-electron chi connectivity index (χ3n) is 1.65. The van der Waals surface area contributed by atoms with E-state index in [0.29, 0.717) is 0 Å². The van der Waals surface area contributed by atoms with Gasteiger partial charge in [0.05, 0.1) is 5.56 Å². The van der Waals surface area contributed by atoms with Crippen LogP contribution in [0.2, 0.25) is 0 Å². The van der Waals surface area contributed by atoms with Gasteiger partial charge in [-0.1, -0.05) is 0 Å². The predicted molar refractivity (Wildman–Crippen MR) is 37.3 cm³/mol. The van der Waals surface area contributed by atoms with Crippen molar-refractivity contribution in [3.63, 3.8) is 0 Å². The molecule has 1 aliphatic heterocycles. The van der Waals surface area contributed by atoms with Gasteiger partial charge >= 0.3 is 0 Å². The van der Waals surface area contributed by atoms with Crippen LogP contribution in [-0.4, -0.2) is 11.8 Å². The Kier molecular flexibility index (Phi) is 1.24. The lowest BCUT2D eigenvalue weighted by molar-refractivity contribution is -0.212. The van der Waals surface area contributed by atoms with E-state index in [1.54, 1.807) is 0 Å². The van der Waals surface area contributed by atoms with Crippen molar-refractivity contribution in [1.29, 1.82) is 0 Å². The van der Waals surface area contributed by atoms with Crippen LogP contribution < -0.4 is 5.11 Å². The van der Waals surface area contributed by atoms with Gasteiger partial charge in [-0.3, -0.25) is 4.79 Å². The molecule has 0 bridgehead atoms. The molecule has 0 aliphatic carbocycles. The van der Waals surface area contributed by atoms with Gasteiger partial charge in [0.1, 0.15) is 5.82 Å². The number of carbonyl (C=O) groups excluding carboxylic acids is 1. The highest BCUT2D eigenvalue weighted by molar-refractivity contribution is 6.16. The van der Waals surface area contributed by atoms with Gasteiger partial charge in [-0.15, -0.1) is 0 Å². The lowest BCUT2D eigenvalue weighted by Gasteiger charge is -2.03. The SMILES string of the molecule is O=C1N=C([O-])c2cc(F)ccc21. The number of aliphatic imine (C=N–C) groups is 1. The molecule has 60 valence electrons. The van der Waals surface area contributed by atoms with Crippen LogP contribution in [0.1, 0.15) is 15.9 Å². The topological polar surface area (TPSA) is 52.5 Å². The van der Waals surface area contributed by atoms with Gasteiger partial charge in [-0.25, -0.2) is 9.38 Å². The summed E-state index contributed by atoms with van der Waals surface area (Å²) in [7, 11) is 0. The molecule has 1 aromatic carbocycles. The van der Waals surface area contributed by atoms with Gasteiger partial charge in [0.15, 0.2) is 0 Å². The molecule has 2 rings (SSSR count). The number of benzene rings is 1. The zero-order valence-electron chi connectivity index (χ0n) is 5.87. The first-order valence-corrected chi connectivity index (χ1v) is 3.28. The Bertz CT molecular complexity index is 398. The molecular formula is C8H3FNO2-. The first kappa shape index (κ1) is 6.97. The summed E-state index contributed by atoms with van der Waals surface area (Å²) in [6.07, 6.45) is 0. The number of rotatable bonds is 0. The van der Waals surface area contributed by atoms with Gasteiger partial charge in [-0.05, 0) is 24.1 Å². The van der Waals surface area contributed by atoms with Crippen LogP contribution >= 0.6 is 0 Å². The lowest BCUT2D eigenvalue weighted by Crippen LogP contribution is -2.16. The summed E-state index contributed by atoms with van der Waals surface area (Å²) in [5.41, 5.74) is 0.237. The predicted octanol–water partition coefficient (Wildman–Crippen LogP) is 0.0864. The summed E-state index contributed by atoms with van der Waals surface area (Å²) >= 11 is 0. The molecule has 1 aliphatic rings. The van der Waals surface area contributed by atoms with Gasteiger partial charge in [0, 0.05) is 5.56 Å². The van der Waals surface area contributed by atoms with Crippen molar-refractivity contribution in [3.05, 3.63) is 35.1 Å². The number of nitrogens with zero attached hydrogens (tertiary/aromatic N) is 1. The van der Waals surface area contributed by atoms with Crippen molar-refractivity contribution in [2.75, 3.05) is 0 Å². The zero-order chi connectivity index (χ0) is 8.72. The van der Waals surface area contributed by atoms with E-state index in [4.69, 9.17) is 0 Å². The summed E-state index contributed by atoms with van der Waals surface area (Å²) < 4.78 is 12.6. The van der Waals surface area contributed by atoms with Crippen molar-refractivity contribution in [3.8, 4) is 0 Å². The Morgan fingerprint density at radius 3 is 2.83 bits per heavy atom. The highest BCUT2D eigenvalue weighted by Gasteiger charge is 2.17. The third-order valence-corrected chi connectivity index (χ3v) is 1.65. The number of hydrogen-bond donors (Lipinski definition) is 0. The molecule has 0 fully saturated rings. The smallest absolute Gasteiger partial charge is 0.277 e. The van der Waals surface area contributed by atoms with Gasteiger partial charge in [0.25, 0.3) is 5.91 Å². The van der Waals surface area contributed by atoms with Gasteiger partial charge in [0.2, 0.25) is 0 Å². The van der Waals surface area contributed by atoms with Crippen LogP contribution in [0.4, 0.5) is 4.39 Å². The van der Waals surface area contributed by atoms with Crippen molar-refractivity contribution in [1.82, 2.24) is 0 Å². The van der Waals surface area contributed by atoms with E-state index in [-0.39, 0.29) is 11.1 Å². The standard InChI is InChI=1S/C8H4FNO2/c9-4-1-2-5-6(3-4)8(12)10-7(5)11/h1-3H,(H,10,11,12)/p-1. The summed E-state index contributed by atoms with van der Waals surface area (Å²) in [5, 5.41) is 10.9. The van der Waals surface area contributed by atoms with E-state index < -0.39 is 17.6 Å². The van der Waals surface area contributed by atoms with Crippen molar-refractivity contribution >= 4 is 11.8 Å². The number of hydrogen-bond acceptors (Lipinski definition) is 2. The Balaban J connectivity index is 2.69. The molecule has 0 spiro atoms. The van der Waals surface area contributed by atoms with Crippen LogP contribution in [0.25, 0.3) is 0 Å². The number of fused-ring (bicyclic) bond motifs is 1. The molecule has 0 radical (unpaired) electrons. The minimum atomic E-state index is -0.658. The Labute approximate surface area is 67.2 Å². The summed E-state index contributed by atoms with van der Waals surface area (Å²) in [6.45, 7) is 0. The maximum absolute atomic E-state index is 12.6. The average Bonchev–Trinajstić information content (AvgIpc) is 2.28. The Hall–Kier alpha value is -1.71. The second-order valence-electron chi connectivity index (χ2n) is 2.41. The summed E-state index contributed by atoms with van der Waals surface area (Å²) in [5.74, 6) is -1.78. The normalized spacial score (nSPS) is 14.4. The lowest BCUT2D eigenvalue weighted by atomic mass is 10.1. The average molecular weight is 164 g/mol. The van der Waals surface area contributed by atoms with E-state index in [1.165, 1.54) is 6.07 Å². The van der Waals surface area contributed by atoms with Crippen molar-refractivity contribution in [2.24, 2.45) is 4.99 Å². The van der Waals surface area contributed by atoms with Crippen LogP contribution in [0.15, 0.2) is 23.2 Å².